The maximum atomic E-state index is 10.9. The number of aromatic nitrogens is 3. The van der Waals surface area contributed by atoms with Crippen LogP contribution in [0.4, 0.5) is 0 Å². The number of aromatic amines is 1. The Kier molecular flexibility index (Phi) is 4.64. The molecule has 1 unspecified atom stereocenters. The SMILES string of the molecule is C[C@@]1(O)[C@@H]([C@H](O)c2ccc(Cl)cc2)OC(n2ccc3/c(=N/O)nc[nH]c32)[C@@H]1O. The molecule has 3 aromatic rings. The standard InChI is InChI=1S/C18H19ClN4O5/c1-18(26)13(25)17(23-7-6-11-15(22-27)20-8-21-16(11)23)28-14(18)12(24)9-2-4-10(19)5-3-9/h2-8,12-14,17,24-27H,1H3,(H,20,21,22)/t12-,13+,14-,17?,18+/m1/s1. The van der Waals surface area contributed by atoms with Gasteiger partial charge in [-0.1, -0.05) is 28.9 Å². The highest BCUT2D eigenvalue weighted by atomic mass is 35.5. The Bertz CT molecular complexity index is 1060. The van der Waals surface area contributed by atoms with Gasteiger partial charge in [-0.05, 0) is 30.7 Å². The number of hydrogen-bond acceptors (Lipinski definition) is 7. The van der Waals surface area contributed by atoms with E-state index in [2.05, 4.69) is 15.1 Å². The summed E-state index contributed by atoms with van der Waals surface area (Å²) in [7, 11) is 0. The molecule has 148 valence electrons. The zero-order chi connectivity index (χ0) is 20.1. The Morgan fingerprint density at radius 1 is 1.32 bits per heavy atom. The molecule has 0 radical (unpaired) electrons. The summed E-state index contributed by atoms with van der Waals surface area (Å²) in [5.41, 5.74) is -0.664. The van der Waals surface area contributed by atoms with E-state index in [1.54, 1.807) is 41.1 Å². The highest BCUT2D eigenvalue weighted by Gasteiger charge is 2.55. The molecule has 28 heavy (non-hydrogen) atoms. The zero-order valence-electron chi connectivity index (χ0n) is 14.8. The van der Waals surface area contributed by atoms with Gasteiger partial charge in [-0.3, -0.25) is 0 Å². The summed E-state index contributed by atoms with van der Waals surface area (Å²) in [4.78, 5) is 6.83. The van der Waals surface area contributed by atoms with E-state index in [0.29, 0.717) is 21.6 Å². The lowest BCUT2D eigenvalue weighted by Gasteiger charge is -2.29. The van der Waals surface area contributed by atoms with Crippen LogP contribution in [0.25, 0.3) is 11.0 Å². The van der Waals surface area contributed by atoms with Crippen LogP contribution in [0.15, 0.2) is 48.0 Å². The third-order valence-electron chi connectivity index (χ3n) is 5.14. The van der Waals surface area contributed by atoms with Crippen LogP contribution < -0.4 is 5.49 Å². The molecule has 1 aliphatic rings. The van der Waals surface area contributed by atoms with Crippen molar-refractivity contribution in [2.45, 2.75) is 37.1 Å². The molecule has 0 saturated carbocycles. The Morgan fingerprint density at radius 3 is 2.71 bits per heavy atom. The van der Waals surface area contributed by atoms with Crippen LogP contribution in [-0.4, -0.2) is 52.9 Å². The molecule has 4 rings (SSSR count). The van der Waals surface area contributed by atoms with E-state index in [9.17, 15) is 15.3 Å². The Hall–Kier alpha value is -2.43. The van der Waals surface area contributed by atoms with Gasteiger partial charge in [-0.25, -0.2) is 4.98 Å². The van der Waals surface area contributed by atoms with Gasteiger partial charge >= 0.3 is 0 Å². The summed E-state index contributed by atoms with van der Waals surface area (Å²) in [6.45, 7) is 1.41. The van der Waals surface area contributed by atoms with E-state index in [-0.39, 0.29) is 5.49 Å². The molecule has 9 nitrogen and oxygen atoms in total. The van der Waals surface area contributed by atoms with Gasteiger partial charge in [-0.15, -0.1) is 0 Å². The van der Waals surface area contributed by atoms with Crippen molar-refractivity contribution in [1.82, 2.24) is 14.5 Å². The van der Waals surface area contributed by atoms with Gasteiger partial charge in [0, 0.05) is 11.2 Å². The molecule has 1 aromatic carbocycles. The van der Waals surface area contributed by atoms with Gasteiger partial charge in [0.2, 0.25) is 5.49 Å². The number of fused-ring (bicyclic) bond motifs is 1. The number of benzene rings is 1. The fourth-order valence-corrected chi connectivity index (χ4v) is 3.69. The maximum Gasteiger partial charge on any atom is 0.203 e. The van der Waals surface area contributed by atoms with Crippen molar-refractivity contribution in [3.63, 3.8) is 0 Å². The fourth-order valence-electron chi connectivity index (χ4n) is 3.56. The predicted molar refractivity (Wildman–Crippen MR) is 98.4 cm³/mol. The Labute approximate surface area is 164 Å². The lowest BCUT2D eigenvalue weighted by molar-refractivity contribution is -0.115. The molecule has 1 fully saturated rings. The van der Waals surface area contributed by atoms with Crippen molar-refractivity contribution in [1.29, 1.82) is 0 Å². The minimum Gasteiger partial charge on any atom is -0.409 e. The van der Waals surface area contributed by atoms with E-state index in [1.165, 1.54) is 13.3 Å². The lowest BCUT2D eigenvalue weighted by Crippen LogP contribution is -2.47. The minimum atomic E-state index is -1.74. The van der Waals surface area contributed by atoms with Crippen LogP contribution in [0.2, 0.25) is 5.02 Å². The number of H-pyrrole nitrogens is 1. The topological polar surface area (TPSA) is 136 Å². The third kappa shape index (κ3) is 2.88. The molecular weight excluding hydrogens is 388 g/mol. The summed E-state index contributed by atoms with van der Waals surface area (Å²) in [5, 5.41) is 45.6. The number of aliphatic hydroxyl groups excluding tert-OH is 2. The molecule has 1 aliphatic heterocycles. The van der Waals surface area contributed by atoms with Crippen LogP contribution in [0.3, 0.4) is 0 Å². The molecule has 0 amide bonds. The number of hydrogen-bond donors (Lipinski definition) is 5. The molecule has 0 aliphatic carbocycles. The maximum absolute atomic E-state index is 10.9. The van der Waals surface area contributed by atoms with Gasteiger partial charge in [0.05, 0.1) is 11.7 Å². The van der Waals surface area contributed by atoms with Crippen molar-refractivity contribution in [3.8, 4) is 0 Å². The van der Waals surface area contributed by atoms with E-state index < -0.39 is 30.1 Å². The molecular formula is C18H19ClN4O5. The van der Waals surface area contributed by atoms with E-state index in [4.69, 9.17) is 21.5 Å². The molecule has 5 atom stereocenters. The second kappa shape index (κ2) is 6.87. The second-order valence-corrected chi connectivity index (χ2v) is 7.36. The summed E-state index contributed by atoms with van der Waals surface area (Å²) in [5.74, 6) is 0. The number of rotatable bonds is 3. The number of aliphatic hydroxyl groups is 3. The Balaban J connectivity index is 1.72. The third-order valence-corrected chi connectivity index (χ3v) is 5.39. The lowest BCUT2D eigenvalue weighted by atomic mass is 9.88. The zero-order valence-corrected chi connectivity index (χ0v) is 15.5. The largest absolute Gasteiger partial charge is 0.409 e. The molecule has 3 heterocycles. The van der Waals surface area contributed by atoms with Gasteiger partial charge in [0.1, 0.15) is 29.6 Å². The average Bonchev–Trinajstić information content (AvgIpc) is 3.21. The normalized spacial score (nSPS) is 29.5. The monoisotopic (exact) mass is 406 g/mol. The van der Waals surface area contributed by atoms with Crippen LogP contribution >= 0.6 is 11.6 Å². The summed E-state index contributed by atoms with van der Waals surface area (Å²) in [6, 6.07) is 8.15. The smallest absolute Gasteiger partial charge is 0.203 e. The number of ether oxygens (including phenoxy) is 1. The summed E-state index contributed by atoms with van der Waals surface area (Å²) < 4.78 is 7.46. The van der Waals surface area contributed by atoms with Gasteiger partial charge in [0.15, 0.2) is 6.23 Å². The van der Waals surface area contributed by atoms with Crippen LogP contribution in [-0.2, 0) is 4.74 Å². The van der Waals surface area contributed by atoms with E-state index in [0.717, 1.165) is 0 Å². The molecule has 5 N–H and O–H groups in total. The first-order valence-electron chi connectivity index (χ1n) is 8.56. The highest BCUT2D eigenvalue weighted by Crippen LogP contribution is 2.43. The van der Waals surface area contributed by atoms with Crippen molar-refractivity contribution in [2.24, 2.45) is 5.16 Å². The molecule has 10 heteroatoms. The van der Waals surface area contributed by atoms with Crippen LogP contribution in [0, 0.1) is 0 Å². The molecule has 0 spiro atoms. The first-order valence-corrected chi connectivity index (χ1v) is 8.94. The van der Waals surface area contributed by atoms with Gasteiger partial charge < -0.3 is 34.8 Å². The average molecular weight is 407 g/mol. The number of halogens is 1. The predicted octanol–water partition coefficient (Wildman–Crippen LogP) is 1.05. The molecule has 0 bridgehead atoms. The summed E-state index contributed by atoms with van der Waals surface area (Å²) in [6.07, 6.45) is -1.68. The van der Waals surface area contributed by atoms with Crippen molar-refractivity contribution in [2.75, 3.05) is 0 Å². The van der Waals surface area contributed by atoms with E-state index in [1.807, 2.05) is 0 Å². The number of nitrogens with one attached hydrogen (secondary N) is 1. The van der Waals surface area contributed by atoms with Crippen molar-refractivity contribution < 1.29 is 25.3 Å². The second-order valence-electron chi connectivity index (χ2n) is 6.93. The fraction of sp³-hybridized carbons (Fsp3) is 0.333. The van der Waals surface area contributed by atoms with Gasteiger partial charge in [0.25, 0.3) is 0 Å². The van der Waals surface area contributed by atoms with Crippen molar-refractivity contribution in [3.05, 3.63) is 58.9 Å². The minimum absolute atomic E-state index is 0.101. The van der Waals surface area contributed by atoms with Crippen LogP contribution in [0.5, 0.6) is 0 Å². The Morgan fingerprint density at radius 2 is 2.04 bits per heavy atom. The molecule has 1 saturated heterocycles. The van der Waals surface area contributed by atoms with E-state index >= 15 is 0 Å². The van der Waals surface area contributed by atoms with Gasteiger partial charge in [-0.2, -0.15) is 0 Å². The highest BCUT2D eigenvalue weighted by molar-refractivity contribution is 6.30. The van der Waals surface area contributed by atoms with Crippen molar-refractivity contribution >= 4 is 22.6 Å². The quantitative estimate of drug-likeness (QED) is 0.326. The van der Waals surface area contributed by atoms with Crippen LogP contribution in [0.1, 0.15) is 24.8 Å². The number of nitrogens with zero attached hydrogens (tertiary/aromatic N) is 3. The first kappa shape index (κ1) is 18.9. The first-order chi connectivity index (χ1) is 13.3. The molecule has 2 aromatic heterocycles. The summed E-state index contributed by atoms with van der Waals surface area (Å²) >= 11 is 5.89.